The van der Waals surface area contributed by atoms with Crippen molar-refractivity contribution in [3.05, 3.63) is 42.0 Å². The molecular formula is C25H32N4O4. The number of ether oxygens (including phenoxy) is 2. The van der Waals surface area contributed by atoms with Gasteiger partial charge in [-0.05, 0) is 62.2 Å². The molecule has 2 aliphatic rings. The molecule has 8 heteroatoms. The van der Waals surface area contributed by atoms with Crippen LogP contribution in [0.3, 0.4) is 0 Å². The van der Waals surface area contributed by atoms with E-state index in [1.165, 1.54) is 18.5 Å². The van der Waals surface area contributed by atoms with E-state index in [9.17, 15) is 9.59 Å². The van der Waals surface area contributed by atoms with Crippen molar-refractivity contribution in [3.8, 4) is 11.5 Å². The van der Waals surface area contributed by atoms with Gasteiger partial charge in [-0.2, -0.15) is 0 Å². The zero-order valence-corrected chi connectivity index (χ0v) is 19.4. The minimum atomic E-state index is -0.188. The minimum absolute atomic E-state index is 0.116. The highest BCUT2D eigenvalue weighted by Crippen LogP contribution is 2.32. The first-order valence-corrected chi connectivity index (χ1v) is 11.6. The van der Waals surface area contributed by atoms with Gasteiger partial charge in [0.05, 0.1) is 13.1 Å². The van der Waals surface area contributed by atoms with Crippen molar-refractivity contribution in [2.24, 2.45) is 0 Å². The van der Waals surface area contributed by atoms with Crippen molar-refractivity contribution < 1.29 is 19.1 Å². The molecule has 2 aliphatic heterocycles. The fraction of sp³-hybridized carbons (Fsp3) is 0.440. The molecule has 1 saturated heterocycles. The standard InChI is InChI=1S/C25H32N4O4/c1-3-28(16-24(30)26-19-6-9-22-23(15-19)33-13-12-32-22)17-25(31)27-21-8-7-20(14-18(21)2)29-10-4-5-11-29/h6-9,14-15H,3-5,10-13,16-17H2,1-2H3,(H,26,30)(H,27,31). The molecular weight excluding hydrogens is 420 g/mol. The molecule has 1 fully saturated rings. The van der Waals surface area contributed by atoms with Gasteiger partial charge < -0.3 is 25.0 Å². The van der Waals surface area contributed by atoms with Crippen LogP contribution in [-0.4, -0.2) is 62.7 Å². The average Bonchev–Trinajstić information content (AvgIpc) is 3.35. The summed E-state index contributed by atoms with van der Waals surface area (Å²) in [5, 5.41) is 5.86. The van der Waals surface area contributed by atoms with Crippen LogP contribution in [0.15, 0.2) is 36.4 Å². The van der Waals surface area contributed by atoms with Crippen molar-refractivity contribution in [2.75, 3.05) is 61.5 Å². The number of carbonyl (C=O) groups is 2. The Morgan fingerprint density at radius 3 is 2.33 bits per heavy atom. The number of nitrogens with one attached hydrogen (secondary N) is 2. The van der Waals surface area contributed by atoms with Crippen LogP contribution < -0.4 is 25.0 Å². The van der Waals surface area contributed by atoms with E-state index >= 15 is 0 Å². The number of likely N-dealkylation sites (N-methyl/N-ethyl adjacent to an activating group) is 1. The smallest absolute Gasteiger partial charge is 0.238 e. The van der Waals surface area contributed by atoms with E-state index in [0.29, 0.717) is 36.9 Å². The minimum Gasteiger partial charge on any atom is -0.486 e. The third-order valence-electron chi connectivity index (χ3n) is 5.96. The molecule has 8 nitrogen and oxygen atoms in total. The molecule has 4 rings (SSSR count). The number of anilines is 3. The molecule has 33 heavy (non-hydrogen) atoms. The van der Waals surface area contributed by atoms with E-state index in [2.05, 4.69) is 27.7 Å². The Labute approximate surface area is 194 Å². The predicted molar refractivity (Wildman–Crippen MR) is 129 cm³/mol. The lowest BCUT2D eigenvalue weighted by atomic mass is 10.1. The number of fused-ring (bicyclic) bond motifs is 1. The van der Waals surface area contributed by atoms with Gasteiger partial charge in [0, 0.05) is 36.2 Å². The van der Waals surface area contributed by atoms with Gasteiger partial charge in [0.2, 0.25) is 11.8 Å². The van der Waals surface area contributed by atoms with E-state index in [-0.39, 0.29) is 24.9 Å². The van der Waals surface area contributed by atoms with Crippen LogP contribution in [0.5, 0.6) is 11.5 Å². The van der Waals surface area contributed by atoms with Gasteiger partial charge in [-0.15, -0.1) is 0 Å². The monoisotopic (exact) mass is 452 g/mol. The fourth-order valence-corrected chi connectivity index (χ4v) is 4.16. The summed E-state index contributed by atoms with van der Waals surface area (Å²) in [6, 6.07) is 11.5. The summed E-state index contributed by atoms with van der Waals surface area (Å²) in [5.41, 5.74) is 3.68. The second-order valence-electron chi connectivity index (χ2n) is 8.45. The highest BCUT2D eigenvalue weighted by Gasteiger charge is 2.17. The Kier molecular flexibility index (Phi) is 7.34. The van der Waals surface area contributed by atoms with E-state index < -0.39 is 0 Å². The Morgan fingerprint density at radius 2 is 1.64 bits per heavy atom. The Morgan fingerprint density at radius 1 is 0.939 bits per heavy atom. The predicted octanol–water partition coefficient (Wildman–Crippen LogP) is 3.27. The molecule has 2 aromatic rings. The molecule has 0 aliphatic carbocycles. The van der Waals surface area contributed by atoms with Crippen molar-refractivity contribution >= 4 is 28.9 Å². The highest BCUT2D eigenvalue weighted by atomic mass is 16.6. The second kappa shape index (κ2) is 10.6. The van der Waals surface area contributed by atoms with Gasteiger partial charge in [0.1, 0.15) is 13.2 Å². The van der Waals surface area contributed by atoms with Gasteiger partial charge >= 0.3 is 0 Å². The zero-order valence-electron chi connectivity index (χ0n) is 19.4. The van der Waals surface area contributed by atoms with E-state index in [0.717, 1.165) is 24.3 Å². The van der Waals surface area contributed by atoms with Crippen LogP contribution in [0.25, 0.3) is 0 Å². The number of nitrogens with zero attached hydrogens (tertiary/aromatic N) is 2. The quantitative estimate of drug-likeness (QED) is 0.640. The Balaban J connectivity index is 1.29. The van der Waals surface area contributed by atoms with Crippen LogP contribution >= 0.6 is 0 Å². The first kappa shape index (κ1) is 22.9. The molecule has 0 unspecified atom stereocenters. The van der Waals surface area contributed by atoms with Crippen molar-refractivity contribution in [1.82, 2.24) is 4.90 Å². The van der Waals surface area contributed by atoms with Gasteiger partial charge in [-0.3, -0.25) is 14.5 Å². The first-order valence-electron chi connectivity index (χ1n) is 11.6. The van der Waals surface area contributed by atoms with Crippen LogP contribution in [0.2, 0.25) is 0 Å². The third kappa shape index (κ3) is 5.96. The molecule has 0 radical (unpaired) electrons. The zero-order chi connectivity index (χ0) is 23.2. The molecule has 2 heterocycles. The first-order chi connectivity index (χ1) is 16.0. The largest absolute Gasteiger partial charge is 0.486 e. The summed E-state index contributed by atoms with van der Waals surface area (Å²) in [4.78, 5) is 29.4. The van der Waals surface area contributed by atoms with Crippen LogP contribution in [0.4, 0.5) is 17.1 Å². The number of aryl methyl sites for hydroxylation is 1. The molecule has 2 aromatic carbocycles. The fourth-order valence-electron chi connectivity index (χ4n) is 4.16. The summed E-state index contributed by atoms with van der Waals surface area (Å²) >= 11 is 0. The molecule has 0 bridgehead atoms. The van der Waals surface area contributed by atoms with Crippen molar-refractivity contribution in [2.45, 2.75) is 26.7 Å². The van der Waals surface area contributed by atoms with Gasteiger partial charge in [0.15, 0.2) is 11.5 Å². The Hall–Kier alpha value is -3.26. The molecule has 2 amide bonds. The maximum Gasteiger partial charge on any atom is 0.238 e. The van der Waals surface area contributed by atoms with Gasteiger partial charge in [-0.25, -0.2) is 0 Å². The van der Waals surface area contributed by atoms with E-state index in [1.54, 1.807) is 23.1 Å². The van der Waals surface area contributed by atoms with Crippen LogP contribution in [0, 0.1) is 6.92 Å². The van der Waals surface area contributed by atoms with Crippen LogP contribution in [0.1, 0.15) is 25.3 Å². The number of amides is 2. The lowest BCUT2D eigenvalue weighted by molar-refractivity contribution is -0.119. The number of hydrogen-bond donors (Lipinski definition) is 2. The molecule has 2 N–H and O–H groups in total. The highest BCUT2D eigenvalue weighted by molar-refractivity contribution is 5.95. The van der Waals surface area contributed by atoms with E-state index in [4.69, 9.17) is 9.47 Å². The van der Waals surface area contributed by atoms with Gasteiger partial charge in [-0.1, -0.05) is 6.92 Å². The van der Waals surface area contributed by atoms with Crippen molar-refractivity contribution in [1.29, 1.82) is 0 Å². The molecule has 0 aromatic heterocycles. The van der Waals surface area contributed by atoms with Gasteiger partial charge in [0.25, 0.3) is 0 Å². The maximum absolute atomic E-state index is 12.7. The lowest BCUT2D eigenvalue weighted by Crippen LogP contribution is -2.38. The molecule has 0 atom stereocenters. The van der Waals surface area contributed by atoms with E-state index in [1.807, 2.05) is 19.9 Å². The summed E-state index contributed by atoms with van der Waals surface area (Å²) in [7, 11) is 0. The lowest BCUT2D eigenvalue weighted by Gasteiger charge is -2.22. The van der Waals surface area contributed by atoms with Crippen molar-refractivity contribution in [3.63, 3.8) is 0 Å². The maximum atomic E-state index is 12.7. The molecule has 176 valence electrons. The second-order valence-corrected chi connectivity index (χ2v) is 8.45. The third-order valence-corrected chi connectivity index (χ3v) is 5.96. The topological polar surface area (TPSA) is 83.1 Å². The number of benzene rings is 2. The average molecular weight is 453 g/mol. The number of hydrogen-bond acceptors (Lipinski definition) is 6. The normalized spacial score (nSPS) is 14.9. The summed E-state index contributed by atoms with van der Waals surface area (Å²) in [6.45, 7) is 7.96. The summed E-state index contributed by atoms with van der Waals surface area (Å²) in [6.07, 6.45) is 2.46. The SMILES string of the molecule is CCN(CC(=O)Nc1ccc2c(c1)OCCO2)CC(=O)Nc1ccc(N2CCCC2)cc1C. The summed E-state index contributed by atoms with van der Waals surface area (Å²) in [5.74, 6) is 0.972. The summed E-state index contributed by atoms with van der Waals surface area (Å²) < 4.78 is 11.1. The molecule has 0 saturated carbocycles. The molecule has 0 spiro atoms. The van der Waals surface area contributed by atoms with Crippen LogP contribution in [-0.2, 0) is 9.59 Å². The number of carbonyl (C=O) groups excluding carboxylic acids is 2. The number of rotatable bonds is 8. The Bertz CT molecular complexity index is 1000.